The number of benzene rings is 18. The molecule has 4 aromatic heterocycles. The van der Waals surface area contributed by atoms with Gasteiger partial charge in [0.15, 0.2) is 0 Å². The van der Waals surface area contributed by atoms with E-state index in [1.165, 1.54) is 120 Å². The first-order valence-corrected chi connectivity index (χ1v) is 37.8. The third-order valence-corrected chi connectivity index (χ3v) is 22.9. The van der Waals surface area contributed by atoms with Gasteiger partial charge >= 0.3 is 0 Å². The average Bonchev–Trinajstić information content (AvgIpc) is 1.17. The number of nitrogens with zero attached hydrogens (tertiary/aromatic N) is 4. The summed E-state index contributed by atoms with van der Waals surface area (Å²) in [4.78, 5) is 10.9. The summed E-state index contributed by atoms with van der Waals surface area (Å²) in [5.74, 6) is 0.862. The van der Waals surface area contributed by atoms with E-state index in [0.29, 0.717) is 0 Å². The van der Waals surface area contributed by atoms with E-state index in [1.54, 1.807) is 0 Å². The largest absolute Gasteiger partial charge is 0.309 e. The molecule has 22 rings (SSSR count). The topological polar surface area (TPSA) is 35.6 Å². The Morgan fingerprint density at radius 1 is 0.136 bits per heavy atom. The van der Waals surface area contributed by atoms with Crippen molar-refractivity contribution in [1.29, 1.82) is 0 Å². The predicted octanol–water partition coefficient (Wildman–Crippen LogP) is 28.6. The average molecular weight is 1400 g/mol. The molecule has 0 radical (unpaired) electrons. The van der Waals surface area contributed by atoms with Gasteiger partial charge in [-0.25, -0.2) is 9.97 Å². The SMILES string of the molecule is c1ccc(-c2ccc3c(c2)c2cc(-c4cccc(-c5ccc6c(c5)c5ccccc5c5ccc(-c7cccc(-c8cccc(-c9cccc(-n%10c%11ccccc%11c%11ccccc%11%10)c9)n8)c7)cc56)c4)ccc2n3-c2cccc(-c3cccc(-c4cccc(-c5ccc6c7ccccc7c7ccccc7c6c5)c4)c3)n2)cc1. The molecule has 0 N–H and O–H groups in total. The maximum atomic E-state index is 5.54. The second-order valence-electron chi connectivity index (χ2n) is 29.1. The van der Waals surface area contributed by atoms with E-state index in [1.807, 2.05) is 0 Å². The van der Waals surface area contributed by atoms with Crippen LogP contribution in [0.2, 0.25) is 0 Å². The lowest BCUT2D eigenvalue weighted by Crippen LogP contribution is -1.98. The number of pyridine rings is 2. The summed E-state index contributed by atoms with van der Waals surface area (Å²) >= 11 is 0. The van der Waals surface area contributed by atoms with Crippen molar-refractivity contribution in [2.24, 2.45) is 0 Å². The van der Waals surface area contributed by atoms with Gasteiger partial charge in [-0.05, 0) is 247 Å². The molecule has 510 valence electrons. The number of aromatic nitrogens is 4. The second kappa shape index (κ2) is 25.6. The van der Waals surface area contributed by atoms with Crippen LogP contribution in [0, 0.1) is 0 Å². The van der Waals surface area contributed by atoms with Gasteiger partial charge in [-0.15, -0.1) is 0 Å². The fraction of sp³-hybridized carbons (Fsp3) is 0. The molecule has 0 aliphatic rings. The zero-order chi connectivity index (χ0) is 72.3. The van der Waals surface area contributed by atoms with Crippen LogP contribution in [0.5, 0.6) is 0 Å². The maximum absolute atomic E-state index is 5.54. The van der Waals surface area contributed by atoms with Crippen LogP contribution in [0.4, 0.5) is 0 Å². The lowest BCUT2D eigenvalue weighted by Gasteiger charge is -2.14. The molecule has 0 bridgehead atoms. The molecule has 0 aliphatic carbocycles. The summed E-state index contributed by atoms with van der Waals surface area (Å²) in [5.41, 5.74) is 25.6. The number of rotatable bonds is 11. The van der Waals surface area contributed by atoms with Gasteiger partial charge < -0.3 is 4.57 Å². The van der Waals surface area contributed by atoms with Crippen molar-refractivity contribution in [3.63, 3.8) is 0 Å². The third kappa shape index (κ3) is 10.5. The van der Waals surface area contributed by atoms with Gasteiger partial charge in [0.2, 0.25) is 0 Å². The fourth-order valence-corrected chi connectivity index (χ4v) is 17.6. The standard InChI is InChI=1S/C106H66N4/c1-2-21-67(22-3-1)74-50-55-104-97(65-74)98-66-78(51-56-105(98)110(104)106-46-20-43-101(108-106)80-30-16-27-72(59-80)68-23-14-24-69(57-68)75-47-52-89-85-35-5-4-33-83(85)84-34-6-8-37-87(84)94(89)62-75)71-26-15-25-70(58-71)76-49-54-91-95(63-76)88-38-9-7-36-86(88)90-53-48-77(64-96(90)91)73-28-17-29-79(60-73)99-41-19-42-100(107-99)81-31-18-32-82(61-81)109-102-44-12-10-39-92(102)93-40-11-13-45-103(93)109/h1-66H. The number of fused-ring (bicyclic) bond motifs is 18. The molecule has 0 unspecified atom stereocenters. The van der Waals surface area contributed by atoms with Gasteiger partial charge in [-0.3, -0.25) is 4.57 Å². The minimum atomic E-state index is 0.862. The highest BCUT2D eigenvalue weighted by molar-refractivity contribution is 6.27. The number of para-hydroxylation sites is 2. The summed E-state index contributed by atoms with van der Waals surface area (Å²) in [6.45, 7) is 0. The van der Waals surface area contributed by atoms with Crippen LogP contribution < -0.4 is 0 Å². The quantitative estimate of drug-likeness (QED) is 0.121. The molecule has 0 saturated heterocycles. The van der Waals surface area contributed by atoms with Crippen LogP contribution in [-0.2, 0) is 0 Å². The van der Waals surface area contributed by atoms with E-state index in [4.69, 9.17) is 9.97 Å². The fourth-order valence-electron chi connectivity index (χ4n) is 17.6. The molecule has 0 spiro atoms. The molecule has 0 aliphatic heterocycles. The summed E-state index contributed by atoms with van der Waals surface area (Å²) < 4.78 is 4.72. The van der Waals surface area contributed by atoms with Gasteiger partial charge in [-0.2, -0.15) is 0 Å². The van der Waals surface area contributed by atoms with E-state index < -0.39 is 0 Å². The van der Waals surface area contributed by atoms with Crippen molar-refractivity contribution < 1.29 is 0 Å². The molecule has 110 heavy (non-hydrogen) atoms. The van der Waals surface area contributed by atoms with Crippen molar-refractivity contribution in [1.82, 2.24) is 19.1 Å². The van der Waals surface area contributed by atoms with Crippen LogP contribution in [0.3, 0.4) is 0 Å². The third-order valence-electron chi connectivity index (χ3n) is 22.9. The molecular formula is C106H66N4. The molecule has 18 aromatic carbocycles. The molecule has 0 amide bonds. The van der Waals surface area contributed by atoms with E-state index in [9.17, 15) is 0 Å². The Morgan fingerprint density at radius 2 is 0.409 bits per heavy atom. The van der Waals surface area contributed by atoms with Crippen LogP contribution in [0.25, 0.3) is 220 Å². The van der Waals surface area contributed by atoms with Crippen molar-refractivity contribution in [3.05, 3.63) is 400 Å². The van der Waals surface area contributed by atoms with Crippen molar-refractivity contribution in [2.45, 2.75) is 0 Å². The first-order valence-electron chi connectivity index (χ1n) is 37.8. The second-order valence-corrected chi connectivity index (χ2v) is 29.1. The van der Waals surface area contributed by atoms with Crippen LogP contribution in [0.1, 0.15) is 0 Å². The maximum Gasteiger partial charge on any atom is 0.138 e. The Bertz CT molecular complexity index is 7450. The molecule has 4 heterocycles. The Morgan fingerprint density at radius 3 is 0.855 bits per heavy atom. The Labute approximate surface area is 635 Å². The van der Waals surface area contributed by atoms with Crippen molar-refractivity contribution in [2.75, 3.05) is 0 Å². The van der Waals surface area contributed by atoms with Crippen molar-refractivity contribution in [3.8, 4) is 112 Å². The van der Waals surface area contributed by atoms with Gasteiger partial charge in [0.1, 0.15) is 5.82 Å². The molecule has 0 saturated carbocycles. The highest BCUT2D eigenvalue weighted by Gasteiger charge is 2.21. The minimum absolute atomic E-state index is 0.862. The van der Waals surface area contributed by atoms with Gasteiger partial charge in [0.05, 0.1) is 39.1 Å². The first-order chi connectivity index (χ1) is 54.5. The van der Waals surface area contributed by atoms with Gasteiger partial charge in [0.25, 0.3) is 0 Å². The van der Waals surface area contributed by atoms with Crippen LogP contribution in [-0.4, -0.2) is 19.1 Å². The van der Waals surface area contributed by atoms with Gasteiger partial charge in [-0.1, -0.05) is 285 Å². The molecule has 0 fully saturated rings. The zero-order valence-corrected chi connectivity index (χ0v) is 59.9. The molecular weight excluding hydrogens is 1330 g/mol. The lowest BCUT2D eigenvalue weighted by atomic mass is 9.89. The predicted molar refractivity (Wildman–Crippen MR) is 465 cm³/mol. The van der Waals surface area contributed by atoms with Crippen LogP contribution >= 0.6 is 0 Å². The summed E-state index contributed by atoms with van der Waals surface area (Å²) in [6.07, 6.45) is 0. The smallest absolute Gasteiger partial charge is 0.138 e. The highest BCUT2D eigenvalue weighted by atomic mass is 15.1. The van der Waals surface area contributed by atoms with E-state index in [0.717, 1.165) is 101 Å². The summed E-state index contributed by atoms with van der Waals surface area (Å²) in [7, 11) is 0. The van der Waals surface area contributed by atoms with E-state index in [-0.39, 0.29) is 0 Å². The summed E-state index contributed by atoms with van der Waals surface area (Å²) in [5, 5.41) is 19.9. The van der Waals surface area contributed by atoms with E-state index >= 15 is 0 Å². The van der Waals surface area contributed by atoms with E-state index in [2.05, 4.69) is 410 Å². The highest BCUT2D eigenvalue weighted by Crippen LogP contribution is 2.45. The monoisotopic (exact) mass is 1390 g/mol. The first kappa shape index (κ1) is 62.8. The Balaban J connectivity index is 0.584. The van der Waals surface area contributed by atoms with Gasteiger partial charge in [0, 0.05) is 43.9 Å². The normalized spacial score (nSPS) is 11.8. The Hall–Kier alpha value is -14.6. The molecule has 22 aromatic rings. The molecule has 4 heteroatoms. The molecule has 0 atom stereocenters. The summed E-state index contributed by atoms with van der Waals surface area (Å²) in [6, 6.07) is 147. The Kier molecular flexibility index (Phi) is 14.6. The number of hydrogen-bond acceptors (Lipinski definition) is 2. The zero-order valence-electron chi connectivity index (χ0n) is 59.9. The number of hydrogen-bond donors (Lipinski definition) is 0. The van der Waals surface area contributed by atoms with Crippen molar-refractivity contribution >= 4 is 108 Å². The molecule has 4 nitrogen and oxygen atoms in total. The minimum Gasteiger partial charge on any atom is -0.309 e. The lowest BCUT2D eigenvalue weighted by molar-refractivity contribution is 1.08. The van der Waals surface area contributed by atoms with Crippen LogP contribution in [0.15, 0.2) is 400 Å².